The second kappa shape index (κ2) is 69.1. The Morgan fingerprint density at radius 1 is 0.283 bits per heavy atom. The van der Waals surface area contributed by atoms with E-state index in [1.54, 1.807) is 0 Å². The van der Waals surface area contributed by atoms with Crippen molar-refractivity contribution >= 4 is 39.5 Å². The van der Waals surface area contributed by atoms with Crippen molar-refractivity contribution in [1.29, 1.82) is 0 Å². The van der Waals surface area contributed by atoms with Crippen LogP contribution in [0.4, 0.5) is 0 Å². The van der Waals surface area contributed by atoms with Crippen LogP contribution in [0.1, 0.15) is 409 Å². The van der Waals surface area contributed by atoms with Gasteiger partial charge < -0.3 is 33.8 Å². The lowest BCUT2D eigenvalue weighted by Crippen LogP contribution is -2.30. The van der Waals surface area contributed by atoms with Crippen LogP contribution in [0, 0.1) is 23.7 Å². The lowest BCUT2D eigenvalue weighted by molar-refractivity contribution is -0.161. The Morgan fingerprint density at radius 2 is 0.485 bits per heavy atom. The van der Waals surface area contributed by atoms with Crippen molar-refractivity contribution in [3.8, 4) is 0 Å². The molecule has 0 aliphatic heterocycles. The number of rotatable bonds is 77. The Kier molecular flexibility index (Phi) is 67.8. The number of phosphoric acid groups is 2. The normalized spacial score (nSPS) is 14.3. The highest BCUT2D eigenvalue weighted by molar-refractivity contribution is 7.47. The zero-order valence-electron chi connectivity index (χ0n) is 65.1. The van der Waals surface area contributed by atoms with E-state index in [0.717, 1.165) is 114 Å². The van der Waals surface area contributed by atoms with Crippen LogP contribution in [0.3, 0.4) is 0 Å². The van der Waals surface area contributed by atoms with Crippen molar-refractivity contribution in [2.45, 2.75) is 427 Å². The molecule has 0 aromatic rings. The standard InChI is InChI=1S/C80H156O17P2/c1-9-73(8)59-51-43-35-27-20-16-14-12-10-11-13-15-17-21-29-37-46-54-62-79(84)97-76(67-91-78(83)61-53-45-39-31-34-42-50-58-72(6)7)69-95-99(88,89)93-65-74(81)64-92-98(86,87)94-68-75(96-80(85)63-55-47-38-30-24-23-26-33-41-49-57-71(4)5)66-90-77(82)60-52-44-36-28-22-18-19-25-32-40-48-56-70(2)3/h70-76,81H,9-69H2,1-8H3,(H,86,87)(H,88,89)/t73?,74?,75-,76-/m1/s1. The fraction of sp³-hybridized carbons (Fsp3) is 0.950. The predicted octanol–water partition coefficient (Wildman–Crippen LogP) is 23.6. The molecule has 0 saturated carbocycles. The maximum atomic E-state index is 13.1. The first kappa shape index (κ1) is 97.1. The average Bonchev–Trinajstić information content (AvgIpc) is 0.995. The maximum absolute atomic E-state index is 13.1. The number of ether oxygens (including phenoxy) is 4. The first-order valence-corrected chi connectivity index (χ1v) is 44.2. The van der Waals surface area contributed by atoms with Crippen molar-refractivity contribution in [3.05, 3.63) is 0 Å². The van der Waals surface area contributed by atoms with Crippen molar-refractivity contribution in [2.75, 3.05) is 39.6 Å². The largest absolute Gasteiger partial charge is 0.472 e. The highest BCUT2D eigenvalue weighted by atomic mass is 31.2. The summed E-state index contributed by atoms with van der Waals surface area (Å²) in [6, 6.07) is 0. The van der Waals surface area contributed by atoms with Gasteiger partial charge >= 0.3 is 39.5 Å². The summed E-state index contributed by atoms with van der Waals surface area (Å²) in [5.41, 5.74) is 0. The second-order valence-corrected chi connectivity index (χ2v) is 33.4. The zero-order valence-corrected chi connectivity index (χ0v) is 66.9. The van der Waals surface area contributed by atoms with E-state index in [-0.39, 0.29) is 25.7 Å². The van der Waals surface area contributed by atoms with Gasteiger partial charge in [0.25, 0.3) is 0 Å². The van der Waals surface area contributed by atoms with Gasteiger partial charge in [0.1, 0.15) is 19.3 Å². The molecule has 6 atom stereocenters. The molecule has 0 amide bonds. The molecule has 0 spiro atoms. The highest BCUT2D eigenvalue weighted by Crippen LogP contribution is 2.45. The number of aliphatic hydroxyl groups excluding tert-OH is 1. The molecule has 99 heavy (non-hydrogen) atoms. The summed E-state index contributed by atoms with van der Waals surface area (Å²) in [7, 11) is -9.92. The molecular weight excluding hydrogens is 1290 g/mol. The molecule has 0 radical (unpaired) electrons. The van der Waals surface area contributed by atoms with Crippen LogP contribution in [-0.4, -0.2) is 96.7 Å². The highest BCUT2D eigenvalue weighted by Gasteiger charge is 2.30. The molecule has 588 valence electrons. The van der Waals surface area contributed by atoms with Crippen LogP contribution in [0.5, 0.6) is 0 Å². The molecule has 0 aliphatic rings. The van der Waals surface area contributed by atoms with E-state index in [1.165, 1.54) is 205 Å². The van der Waals surface area contributed by atoms with Gasteiger partial charge in [-0.25, -0.2) is 9.13 Å². The van der Waals surface area contributed by atoms with Gasteiger partial charge in [0.15, 0.2) is 12.2 Å². The number of phosphoric ester groups is 2. The van der Waals surface area contributed by atoms with Crippen molar-refractivity contribution < 1.29 is 80.2 Å². The van der Waals surface area contributed by atoms with Gasteiger partial charge in [0, 0.05) is 25.7 Å². The first-order valence-electron chi connectivity index (χ1n) is 41.2. The first-order chi connectivity index (χ1) is 47.6. The Morgan fingerprint density at radius 3 is 0.717 bits per heavy atom. The molecule has 0 bridgehead atoms. The van der Waals surface area contributed by atoms with E-state index in [9.17, 15) is 43.2 Å². The number of hydrogen-bond acceptors (Lipinski definition) is 15. The zero-order chi connectivity index (χ0) is 73.1. The molecule has 3 N–H and O–H groups in total. The molecular formula is C80H156O17P2. The van der Waals surface area contributed by atoms with E-state index in [2.05, 4.69) is 55.4 Å². The molecule has 19 heteroatoms. The third-order valence-corrected chi connectivity index (χ3v) is 20.8. The van der Waals surface area contributed by atoms with Gasteiger partial charge in [-0.1, -0.05) is 357 Å². The lowest BCUT2D eigenvalue weighted by atomic mass is 9.99. The average molecular weight is 1450 g/mol. The number of carbonyl (C=O) groups is 4. The van der Waals surface area contributed by atoms with Crippen LogP contribution in [0.25, 0.3) is 0 Å². The summed E-state index contributed by atoms with van der Waals surface area (Å²) < 4.78 is 68.6. The minimum Gasteiger partial charge on any atom is -0.462 e. The molecule has 0 aromatic carbocycles. The number of aliphatic hydroxyl groups is 1. The third kappa shape index (κ3) is 72.8. The minimum absolute atomic E-state index is 0.105. The van der Waals surface area contributed by atoms with Gasteiger partial charge in [-0.2, -0.15) is 0 Å². The smallest absolute Gasteiger partial charge is 0.462 e. The van der Waals surface area contributed by atoms with Crippen LogP contribution in [0.2, 0.25) is 0 Å². The number of hydrogen-bond donors (Lipinski definition) is 3. The van der Waals surface area contributed by atoms with E-state index >= 15 is 0 Å². The molecule has 0 fully saturated rings. The van der Waals surface area contributed by atoms with E-state index in [0.29, 0.717) is 31.6 Å². The van der Waals surface area contributed by atoms with E-state index < -0.39 is 97.5 Å². The summed E-state index contributed by atoms with van der Waals surface area (Å²) in [4.78, 5) is 72.9. The Hall–Kier alpha value is -1.94. The Balaban J connectivity index is 5.19. The third-order valence-electron chi connectivity index (χ3n) is 18.9. The Labute approximate surface area is 607 Å². The number of carbonyl (C=O) groups excluding carboxylic acids is 4. The van der Waals surface area contributed by atoms with Gasteiger partial charge in [0.2, 0.25) is 0 Å². The van der Waals surface area contributed by atoms with Crippen molar-refractivity contribution in [2.24, 2.45) is 23.7 Å². The molecule has 0 rings (SSSR count). The predicted molar refractivity (Wildman–Crippen MR) is 404 cm³/mol. The SMILES string of the molecule is CCC(C)CCCCCCCCCCCCCCCCCCCCC(=O)O[C@H](COC(=O)CCCCCCCCCC(C)C)COP(=O)(O)OCC(O)COP(=O)(O)OC[C@@H](COC(=O)CCCCCCCCCCCCCC(C)C)OC(=O)CCCCCCCCCCCCC(C)C. The molecule has 0 heterocycles. The summed E-state index contributed by atoms with van der Waals surface area (Å²) in [5.74, 6) is 0.982. The maximum Gasteiger partial charge on any atom is 0.472 e. The molecule has 0 aliphatic carbocycles. The molecule has 4 unspecified atom stereocenters. The number of unbranched alkanes of at least 4 members (excludes halogenated alkanes) is 42. The van der Waals surface area contributed by atoms with Gasteiger partial charge in [-0.15, -0.1) is 0 Å². The summed E-state index contributed by atoms with van der Waals surface area (Å²) >= 11 is 0. The van der Waals surface area contributed by atoms with Gasteiger partial charge in [-0.05, 0) is 49.4 Å². The Bertz CT molecular complexity index is 1940. The summed E-state index contributed by atoms with van der Waals surface area (Å²) in [6.07, 6.45) is 55.6. The summed E-state index contributed by atoms with van der Waals surface area (Å²) in [6.45, 7) is 14.2. The molecule has 0 aromatic heterocycles. The van der Waals surface area contributed by atoms with Crippen LogP contribution < -0.4 is 0 Å². The van der Waals surface area contributed by atoms with Gasteiger partial charge in [0.05, 0.1) is 26.4 Å². The van der Waals surface area contributed by atoms with E-state index in [1.807, 2.05) is 0 Å². The second-order valence-electron chi connectivity index (χ2n) is 30.5. The monoisotopic (exact) mass is 1450 g/mol. The summed E-state index contributed by atoms with van der Waals surface area (Å²) in [5, 5.41) is 10.6. The lowest BCUT2D eigenvalue weighted by Gasteiger charge is -2.21. The fourth-order valence-electron chi connectivity index (χ4n) is 12.2. The van der Waals surface area contributed by atoms with E-state index in [4.69, 9.17) is 37.0 Å². The van der Waals surface area contributed by atoms with Crippen LogP contribution in [0.15, 0.2) is 0 Å². The minimum atomic E-state index is -4.96. The molecule has 0 saturated heterocycles. The molecule has 17 nitrogen and oxygen atoms in total. The fourth-order valence-corrected chi connectivity index (χ4v) is 13.8. The topological polar surface area (TPSA) is 237 Å². The van der Waals surface area contributed by atoms with Crippen molar-refractivity contribution in [1.82, 2.24) is 0 Å². The van der Waals surface area contributed by atoms with Crippen LogP contribution in [-0.2, 0) is 65.4 Å². The van der Waals surface area contributed by atoms with Gasteiger partial charge in [-0.3, -0.25) is 37.3 Å². The quantitative estimate of drug-likeness (QED) is 0.0222. The number of esters is 4. The van der Waals surface area contributed by atoms with Crippen molar-refractivity contribution in [3.63, 3.8) is 0 Å². The van der Waals surface area contributed by atoms with Crippen LogP contribution >= 0.6 is 15.6 Å².